The number of benzene rings is 2. The van der Waals surface area contributed by atoms with Gasteiger partial charge in [0.2, 0.25) is 0 Å². The van der Waals surface area contributed by atoms with Crippen LogP contribution in [0.2, 0.25) is 0 Å². The van der Waals surface area contributed by atoms with Crippen LogP contribution >= 0.6 is 0 Å². The average Bonchev–Trinajstić information content (AvgIpc) is 2.67. The van der Waals surface area contributed by atoms with Crippen LogP contribution in [-0.2, 0) is 0 Å². The molecule has 1 heterocycles. The Morgan fingerprint density at radius 1 is 1.20 bits per heavy atom. The first-order chi connectivity index (χ1) is 12.1. The lowest BCUT2D eigenvalue weighted by Crippen LogP contribution is -2.47. The minimum atomic E-state index is -0.668. The number of carbonyl (C=O) groups is 1. The molecule has 0 bridgehead atoms. The number of hydrogen-bond donors (Lipinski definition) is 2. The molecule has 0 radical (unpaired) electrons. The number of ether oxygens (including phenoxy) is 1. The van der Waals surface area contributed by atoms with Gasteiger partial charge in [0, 0.05) is 31.2 Å². The van der Waals surface area contributed by atoms with E-state index in [4.69, 9.17) is 4.74 Å². The van der Waals surface area contributed by atoms with Crippen molar-refractivity contribution in [1.29, 1.82) is 0 Å². The Labute approximate surface area is 147 Å². The van der Waals surface area contributed by atoms with Crippen molar-refractivity contribution in [1.82, 2.24) is 4.90 Å². The zero-order valence-corrected chi connectivity index (χ0v) is 14.3. The number of aliphatic hydroxyl groups excluding tert-OH is 2. The van der Waals surface area contributed by atoms with E-state index < -0.39 is 6.10 Å². The topological polar surface area (TPSA) is 70.0 Å². The first-order valence-electron chi connectivity index (χ1n) is 8.45. The summed E-state index contributed by atoms with van der Waals surface area (Å²) < 4.78 is 5.24. The van der Waals surface area contributed by atoms with Gasteiger partial charge in [-0.25, -0.2) is 0 Å². The number of methoxy groups -OCH3 is 1. The van der Waals surface area contributed by atoms with Crippen LogP contribution < -0.4 is 4.74 Å². The molecule has 1 aliphatic heterocycles. The summed E-state index contributed by atoms with van der Waals surface area (Å²) in [5, 5.41) is 19.2. The summed E-state index contributed by atoms with van der Waals surface area (Å²) in [6, 6.07) is 15.2. The van der Waals surface area contributed by atoms with Crippen LogP contribution in [0.25, 0.3) is 11.1 Å². The SMILES string of the molecule is COc1cccc(-c2ccc(C(=O)N3CC[C@H](CO)[C@H](O)C3)cc2)c1. The number of aliphatic hydroxyl groups is 2. The van der Waals surface area contributed by atoms with Crippen molar-refractivity contribution in [2.24, 2.45) is 5.92 Å². The molecule has 2 atom stereocenters. The van der Waals surface area contributed by atoms with Crippen LogP contribution in [0.15, 0.2) is 48.5 Å². The van der Waals surface area contributed by atoms with Crippen molar-refractivity contribution >= 4 is 5.91 Å². The van der Waals surface area contributed by atoms with Gasteiger partial charge in [-0.15, -0.1) is 0 Å². The standard InChI is InChI=1S/C20H23NO4/c1-25-18-4-2-3-16(11-18)14-5-7-15(8-6-14)20(24)21-10-9-17(13-22)19(23)12-21/h2-8,11,17,19,22-23H,9-10,12-13H2,1H3/t17-,19-/m1/s1. The molecule has 1 saturated heterocycles. The number of hydrogen-bond acceptors (Lipinski definition) is 4. The summed E-state index contributed by atoms with van der Waals surface area (Å²) in [6.45, 7) is 0.777. The summed E-state index contributed by atoms with van der Waals surface area (Å²) in [5.74, 6) is 0.561. The molecule has 3 rings (SSSR count). The number of rotatable bonds is 4. The molecule has 2 aromatic carbocycles. The Bertz CT molecular complexity index is 729. The quantitative estimate of drug-likeness (QED) is 0.894. The van der Waals surface area contributed by atoms with Gasteiger partial charge in [-0.3, -0.25) is 4.79 Å². The third-order valence-corrected chi connectivity index (χ3v) is 4.78. The molecule has 2 N–H and O–H groups in total. The summed E-state index contributed by atoms with van der Waals surface area (Å²) in [6.07, 6.45) is -0.0514. The molecule has 0 saturated carbocycles. The van der Waals surface area contributed by atoms with E-state index in [1.807, 2.05) is 48.5 Å². The molecule has 0 unspecified atom stereocenters. The molecule has 25 heavy (non-hydrogen) atoms. The fourth-order valence-electron chi connectivity index (χ4n) is 3.17. The van der Waals surface area contributed by atoms with Gasteiger partial charge in [0.25, 0.3) is 5.91 Å². The minimum absolute atomic E-state index is 0.0432. The molecule has 0 aliphatic carbocycles. The van der Waals surface area contributed by atoms with Crippen LogP contribution in [0, 0.1) is 5.92 Å². The van der Waals surface area contributed by atoms with Crippen molar-refractivity contribution < 1.29 is 19.7 Å². The maximum absolute atomic E-state index is 12.6. The number of piperidine rings is 1. The van der Waals surface area contributed by atoms with Gasteiger partial charge >= 0.3 is 0 Å². The minimum Gasteiger partial charge on any atom is -0.497 e. The first-order valence-corrected chi connectivity index (χ1v) is 8.45. The Hall–Kier alpha value is -2.37. The van der Waals surface area contributed by atoms with E-state index in [-0.39, 0.29) is 25.0 Å². The predicted molar refractivity (Wildman–Crippen MR) is 95.5 cm³/mol. The Morgan fingerprint density at radius 2 is 1.96 bits per heavy atom. The number of carbonyl (C=O) groups excluding carboxylic acids is 1. The molecular weight excluding hydrogens is 318 g/mol. The van der Waals surface area contributed by atoms with Crippen molar-refractivity contribution in [2.75, 3.05) is 26.8 Å². The van der Waals surface area contributed by atoms with Crippen molar-refractivity contribution in [3.8, 4) is 16.9 Å². The first kappa shape index (κ1) is 17.5. The molecule has 5 heteroatoms. The number of nitrogens with zero attached hydrogens (tertiary/aromatic N) is 1. The molecule has 132 valence electrons. The second-order valence-electron chi connectivity index (χ2n) is 6.36. The Morgan fingerprint density at radius 3 is 2.60 bits per heavy atom. The highest BCUT2D eigenvalue weighted by Gasteiger charge is 2.30. The lowest BCUT2D eigenvalue weighted by atomic mass is 9.94. The zero-order valence-electron chi connectivity index (χ0n) is 14.3. The van der Waals surface area contributed by atoms with Crippen LogP contribution in [0.4, 0.5) is 0 Å². The van der Waals surface area contributed by atoms with E-state index in [0.29, 0.717) is 18.5 Å². The van der Waals surface area contributed by atoms with E-state index >= 15 is 0 Å². The lowest BCUT2D eigenvalue weighted by Gasteiger charge is -2.35. The summed E-state index contributed by atoms with van der Waals surface area (Å²) in [4.78, 5) is 14.3. The normalized spacial score (nSPS) is 20.4. The third kappa shape index (κ3) is 3.83. The fraction of sp³-hybridized carbons (Fsp3) is 0.350. The molecular formula is C20H23NO4. The van der Waals surface area contributed by atoms with Crippen LogP contribution in [0.5, 0.6) is 5.75 Å². The monoisotopic (exact) mass is 341 g/mol. The van der Waals surface area contributed by atoms with Crippen molar-refractivity contribution in [3.05, 3.63) is 54.1 Å². The van der Waals surface area contributed by atoms with Gasteiger partial charge in [0.15, 0.2) is 0 Å². The molecule has 1 amide bonds. The van der Waals surface area contributed by atoms with Crippen LogP contribution in [0.1, 0.15) is 16.8 Å². The number of amides is 1. The summed E-state index contributed by atoms with van der Waals surface area (Å²) in [7, 11) is 1.63. The van der Waals surface area contributed by atoms with E-state index in [9.17, 15) is 15.0 Å². The zero-order chi connectivity index (χ0) is 17.8. The van der Waals surface area contributed by atoms with Gasteiger partial charge in [-0.05, 0) is 41.8 Å². The summed E-state index contributed by atoms with van der Waals surface area (Å²) in [5.41, 5.74) is 2.63. The van der Waals surface area contributed by atoms with Gasteiger partial charge in [0.05, 0.1) is 13.2 Å². The smallest absolute Gasteiger partial charge is 0.253 e. The maximum Gasteiger partial charge on any atom is 0.253 e. The average molecular weight is 341 g/mol. The Balaban J connectivity index is 1.72. The fourth-order valence-corrected chi connectivity index (χ4v) is 3.17. The molecule has 2 aromatic rings. The highest BCUT2D eigenvalue weighted by Crippen LogP contribution is 2.25. The van der Waals surface area contributed by atoms with Crippen LogP contribution in [0.3, 0.4) is 0 Å². The highest BCUT2D eigenvalue weighted by molar-refractivity contribution is 5.94. The van der Waals surface area contributed by atoms with E-state index in [0.717, 1.165) is 16.9 Å². The second-order valence-corrected chi connectivity index (χ2v) is 6.36. The molecule has 1 aliphatic rings. The van der Waals surface area contributed by atoms with E-state index in [1.165, 1.54) is 0 Å². The number of likely N-dealkylation sites (tertiary alicyclic amines) is 1. The molecule has 0 aromatic heterocycles. The van der Waals surface area contributed by atoms with Gasteiger partial charge in [-0.2, -0.15) is 0 Å². The Kier molecular flexibility index (Phi) is 5.36. The molecule has 0 spiro atoms. The van der Waals surface area contributed by atoms with E-state index in [2.05, 4.69) is 0 Å². The molecule has 5 nitrogen and oxygen atoms in total. The number of β-amino-alcohol motifs (C(OH)–C–C–N with tert-alkyl or cyclic N) is 1. The largest absolute Gasteiger partial charge is 0.497 e. The highest BCUT2D eigenvalue weighted by atomic mass is 16.5. The van der Waals surface area contributed by atoms with Crippen molar-refractivity contribution in [2.45, 2.75) is 12.5 Å². The third-order valence-electron chi connectivity index (χ3n) is 4.78. The second kappa shape index (κ2) is 7.68. The molecule has 1 fully saturated rings. The van der Waals surface area contributed by atoms with Crippen LogP contribution in [-0.4, -0.2) is 53.9 Å². The van der Waals surface area contributed by atoms with Crippen molar-refractivity contribution in [3.63, 3.8) is 0 Å². The van der Waals surface area contributed by atoms with Gasteiger partial charge in [-0.1, -0.05) is 24.3 Å². The van der Waals surface area contributed by atoms with E-state index in [1.54, 1.807) is 12.0 Å². The predicted octanol–water partition coefficient (Wildman–Crippen LogP) is 2.18. The lowest BCUT2D eigenvalue weighted by molar-refractivity contribution is 0.000878. The summed E-state index contributed by atoms with van der Waals surface area (Å²) >= 11 is 0. The van der Waals surface area contributed by atoms with Gasteiger partial charge < -0.3 is 19.8 Å². The maximum atomic E-state index is 12.6. The van der Waals surface area contributed by atoms with Gasteiger partial charge in [0.1, 0.15) is 5.75 Å².